The first kappa shape index (κ1) is 19.5. The summed E-state index contributed by atoms with van der Waals surface area (Å²) in [6, 6.07) is 19.0. The van der Waals surface area contributed by atoms with Gasteiger partial charge in [0.25, 0.3) is 0 Å². The molecule has 0 saturated heterocycles. The summed E-state index contributed by atoms with van der Waals surface area (Å²) in [5.74, 6) is -0.106. The SMILES string of the molecule is Cc1ccc(NC(=O)CN2C(=O)CC(c3ccccc3)=Nc3cccnc32)c(C)c1. The highest BCUT2D eigenvalue weighted by molar-refractivity contribution is 6.18. The van der Waals surface area contributed by atoms with Crippen LogP contribution >= 0.6 is 0 Å². The van der Waals surface area contributed by atoms with Gasteiger partial charge in [-0.15, -0.1) is 0 Å². The Hall–Kier alpha value is -3.80. The number of aliphatic imine (C=N–C) groups is 1. The third kappa shape index (κ3) is 4.12. The highest BCUT2D eigenvalue weighted by Crippen LogP contribution is 2.30. The van der Waals surface area contributed by atoms with Crippen molar-refractivity contribution in [1.82, 2.24) is 4.98 Å². The lowest BCUT2D eigenvalue weighted by molar-refractivity contribution is -0.120. The van der Waals surface area contributed by atoms with E-state index in [0.29, 0.717) is 17.2 Å². The molecule has 30 heavy (non-hydrogen) atoms. The average molecular weight is 398 g/mol. The number of benzene rings is 2. The zero-order valence-electron chi connectivity index (χ0n) is 16.9. The quantitative estimate of drug-likeness (QED) is 0.716. The van der Waals surface area contributed by atoms with Crippen LogP contribution < -0.4 is 10.2 Å². The number of nitrogens with zero attached hydrogens (tertiary/aromatic N) is 3. The monoisotopic (exact) mass is 398 g/mol. The predicted molar refractivity (Wildman–Crippen MR) is 118 cm³/mol. The fourth-order valence-electron chi connectivity index (χ4n) is 3.47. The van der Waals surface area contributed by atoms with Crippen molar-refractivity contribution in [2.45, 2.75) is 20.3 Å². The molecule has 1 aromatic heterocycles. The lowest BCUT2D eigenvalue weighted by atomic mass is 10.1. The van der Waals surface area contributed by atoms with Crippen molar-refractivity contribution in [3.63, 3.8) is 0 Å². The van der Waals surface area contributed by atoms with Crippen LogP contribution in [0.1, 0.15) is 23.1 Å². The molecule has 0 unspecified atom stereocenters. The number of rotatable bonds is 4. The highest BCUT2D eigenvalue weighted by Gasteiger charge is 2.27. The van der Waals surface area contributed by atoms with Crippen LogP contribution in [-0.4, -0.2) is 29.1 Å². The van der Waals surface area contributed by atoms with E-state index in [1.807, 2.05) is 62.4 Å². The van der Waals surface area contributed by atoms with Crippen molar-refractivity contribution in [2.24, 2.45) is 4.99 Å². The Labute approximate surface area is 175 Å². The van der Waals surface area contributed by atoms with Gasteiger partial charge >= 0.3 is 0 Å². The van der Waals surface area contributed by atoms with E-state index in [1.165, 1.54) is 4.90 Å². The van der Waals surface area contributed by atoms with Crippen LogP contribution in [0.15, 0.2) is 71.9 Å². The van der Waals surface area contributed by atoms with Gasteiger partial charge in [-0.25, -0.2) is 9.98 Å². The van der Waals surface area contributed by atoms with Crippen LogP contribution in [0, 0.1) is 13.8 Å². The fourth-order valence-corrected chi connectivity index (χ4v) is 3.47. The maximum absolute atomic E-state index is 13.1. The van der Waals surface area contributed by atoms with Crippen molar-refractivity contribution in [3.8, 4) is 0 Å². The number of pyridine rings is 1. The molecule has 2 heterocycles. The van der Waals surface area contributed by atoms with Gasteiger partial charge in [0, 0.05) is 11.9 Å². The molecule has 2 amide bonds. The van der Waals surface area contributed by atoms with Gasteiger partial charge in [-0.05, 0) is 43.2 Å². The molecule has 0 saturated carbocycles. The van der Waals surface area contributed by atoms with E-state index < -0.39 is 0 Å². The number of nitrogens with one attached hydrogen (secondary N) is 1. The molecular weight excluding hydrogens is 376 g/mol. The predicted octanol–water partition coefficient (Wildman–Crippen LogP) is 4.19. The number of hydrogen-bond acceptors (Lipinski definition) is 4. The summed E-state index contributed by atoms with van der Waals surface area (Å²) in [5, 5.41) is 2.90. The maximum atomic E-state index is 13.1. The number of hydrogen-bond donors (Lipinski definition) is 1. The van der Waals surface area contributed by atoms with Crippen molar-refractivity contribution in [3.05, 3.63) is 83.6 Å². The Morgan fingerprint density at radius 2 is 1.87 bits per heavy atom. The number of carbonyl (C=O) groups is 2. The van der Waals surface area contributed by atoms with Gasteiger partial charge in [-0.3, -0.25) is 14.5 Å². The standard InChI is InChI=1S/C24H22N4O2/c1-16-10-11-19(17(2)13-16)27-22(29)15-28-23(30)14-21(18-7-4-3-5-8-18)26-20-9-6-12-25-24(20)28/h3-13H,14-15H2,1-2H3,(H,27,29). The number of fused-ring (bicyclic) bond motifs is 1. The van der Waals surface area contributed by atoms with E-state index >= 15 is 0 Å². The summed E-state index contributed by atoms with van der Waals surface area (Å²) < 4.78 is 0. The average Bonchev–Trinajstić information content (AvgIpc) is 2.88. The Kier molecular flexibility index (Phi) is 5.39. The van der Waals surface area contributed by atoms with Gasteiger partial charge in [0.1, 0.15) is 12.2 Å². The number of carbonyl (C=O) groups excluding carboxylic acids is 2. The molecule has 1 aliphatic rings. The molecule has 0 fully saturated rings. The second-order valence-electron chi connectivity index (χ2n) is 7.29. The molecule has 0 bridgehead atoms. The van der Waals surface area contributed by atoms with Crippen molar-refractivity contribution in [1.29, 1.82) is 0 Å². The van der Waals surface area contributed by atoms with Gasteiger partial charge in [-0.1, -0.05) is 48.0 Å². The van der Waals surface area contributed by atoms with E-state index in [4.69, 9.17) is 0 Å². The summed E-state index contributed by atoms with van der Waals surface area (Å²) in [7, 11) is 0. The molecule has 1 aliphatic heterocycles. The van der Waals surface area contributed by atoms with Crippen LogP contribution in [0.2, 0.25) is 0 Å². The van der Waals surface area contributed by atoms with E-state index in [1.54, 1.807) is 18.3 Å². The van der Waals surface area contributed by atoms with Gasteiger partial charge < -0.3 is 5.32 Å². The summed E-state index contributed by atoms with van der Waals surface area (Å²) in [4.78, 5) is 36.3. The number of aromatic nitrogens is 1. The van der Waals surface area contributed by atoms with Gasteiger partial charge in [0.2, 0.25) is 11.8 Å². The molecule has 0 atom stereocenters. The first-order chi connectivity index (χ1) is 14.5. The lowest BCUT2D eigenvalue weighted by Gasteiger charge is -2.21. The first-order valence-electron chi connectivity index (χ1n) is 9.77. The molecule has 4 rings (SSSR count). The second kappa shape index (κ2) is 8.29. The molecule has 6 nitrogen and oxygen atoms in total. The van der Waals surface area contributed by atoms with E-state index in [0.717, 1.165) is 22.4 Å². The molecule has 3 aromatic rings. The Morgan fingerprint density at radius 1 is 1.07 bits per heavy atom. The van der Waals surface area contributed by atoms with E-state index in [2.05, 4.69) is 15.3 Å². The van der Waals surface area contributed by atoms with Crippen LogP contribution in [0.5, 0.6) is 0 Å². The summed E-state index contributed by atoms with van der Waals surface area (Å²) in [6.45, 7) is 3.81. The van der Waals surface area contributed by atoms with Gasteiger partial charge in [0.15, 0.2) is 5.82 Å². The topological polar surface area (TPSA) is 74.7 Å². The minimum Gasteiger partial charge on any atom is -0.324 e. The summed E-state index contributed by atoms with van der Waals surface area (Å²) in [6.07, 6.45) is 1.70. The molecule has 150 valence electrons. The van der Waals surface area contributed by atoms with Crippen LogP contribution in [0.4, 0.5) is 17.2 Å². The van der Waals surface area contributed by atoms with Crippen molar-refractivity contribution >= 4 is 34.7 Å². The lowest BCUT2D eigenvalue weighted by Crippen LogP contribution is -2.39. The zero-order chi connectivity index (χ0) is 21.1. The minimum atomic E-state index is -0.282. The van der Waals surface area contributed by atoms with Crippen molar-refractivity contribution < 1.29 is 9.59 Å². The molecule has 2 aromatic carbocycles. The third-order valence-corrected chi connectivity index (χ3v) is 4.96. The van der Waals surface area contributed by atoms with Gasteiger partial charge in [-0.2, -0.15) is 0 Å². The third-order valence-electron chi connectivity index (χ3n) is 4.96. The van der Waals surface area contributed by atoms with E-state index in [9.17, 15) is 9.59 Å². The van der Waals surface area contributed by atoms with Crippen molar-refractivity contribution in [2.75, 3.05) is 16.8 Å². The molecule has 0 spiro atoms. The number of anilines is 2. The van der Waals surface area contributed by atoms with E-state index in [-0.39, 0.29) is 24.8 Å². The largest absolute Gasteiger partial charge is 0.324 e. The smallest absolute Gasteiger partial charge is 0.244 e. The number of amides is 2. The molecule has 6 heteroatoms. The van der Waals surface area contributed by atoms with Crippen LogP contribution in [0.3, 0.4) is 0 Å². The molecule has 0 radical (unpaired) electrons. The summed E-state index contributed by atoms with van der Waals surface area (Å²) >= 11 is 0. The number of aryl methyl sites for hydroxylation is 2. The van der Waals surface area contributed by atoms with Gasteiger partial charge in [0.05, 0.1) is 12.1 Å². The Balaban J connectivity index is 1.60. The first-order valence-corrected chi connectivity index (χ1v) is 9.77. The zero-order valence-corrected chi connectivity index (χ0v) is 16.9. The minimum absolute atomic E-state index is 0.0945. The maximum Gasteiger partial charge on any atom is 0.244 e. The Morgan fingerprint density at radius 3 is 2.63 bits per heavy atom. The van der Waals surface area contributed by atoms with Crippen LogP contribution in [0.25, 0.3) is 0 Å². The highest BCUT2D eigenvalue weighted by atomic mass is 16.2. The summed E-state index contributed by atoms with van der Waals surface area (Å²) in [5.41, 5.74) is 4.93. The second-order valence-corrected chi connectivity index (χ2v) is 7.29. The molecule has 0 aliphatic carbocycles. The fraction of sp³-hybridized carbons (Fsp3) is 0.167. The normalized spacial score (nSPS) is 13.3. The Bertz CT molecular complexity index is 1140. The molecule has 1 N–H and O–H groups in total. The molecular formula is C24H22N4O2. The van der Waals surface area contributed by atoms with Crippen LogP contribution in [-0.2, 0) is 9.59 Å².